The summed E-state index contributed by atoms with van der Waals surface area (Å²) in [5, 5.41) is 0. The molecule has 9 heteroatoms. The first-order valence-corrected chi connectivity index (χ1v) is 3.55. The van der Waals surface area contributed by atoms with Crippen LogP contribution in [0.5, 0.6) is 0 Å². The molecule has 0 unspecified atom stereocenters. The minimum atomic E-state index is -4.64. The zero-order chi connectivity index (χ0) is 8.08. The summed E-state index contributed by atoms with van der Waals surface area (Å²) in [6, 6.07) is 0. The topological polar surface area (TPSA) is 94.8 Å². The molecule has 5 nitrogen and oxygen atoms in total. The Morgan fingerprint density at radius 1 is 1.08 bits per heavy atom. The van der Waals surface area contributed by atoms with E-state index in [1.54, 1.807) is 0 Å². The van der Waals surface area contributed by atoms with Crippen molar-refractivity contribution in [2.75, 3.05) is 0 Å². The first kappa shape index (κ1) is 29.6. The van der Waals surface area contributed by atoms with E-state index in [4.69, 9.17) is 19.2 Å². The number of rotatable bonds is 0. The van der Waals surface area contributed by atoms with Gasteiger partial charge in [-0.3, -0.25) is 0 Å². The quantitative estimate of drug-likeness (QED) is 0.399. The van der Waals surface area contributed by atoms with Gasteiger partial charge < -0.3 is 28.0 Å². The third kappa shape index (κ3) is 169. The summed E-state index contributed by atoms with van der Waals surface area (Å²) in [6.45, 7) is 3.06. The van der Waals surface area contributed by atoms with E-state index in [1.165, 1.54) is 13.8 Å². The third-order valence-corrected chi connectivity index (χ3v) is 0. The van der Waals surface area contributed by atoms with E-state index < -0.39 is 7.82 Å². The summed E-state index contributed by atoms with van der Waals surface area (Å²) in [4.78, 5) is 31.0. The van der Waals surface area contributed by atoms with Crippen LogP contribution in [-0.2, 0) is 9.36 Å². The van der Waals surface area contributed by atoms with Gasteiger partial charge in [-0.1, -0.05) is 0 Å². The normalized spacial score (nSPS) is 7.08. The molecule has 0 saturated heterocycles. The van der Waals surface area contributed by atoms with Gasteiger partial charge in [0.15, 0.2) is 0 Å². The minimum Gasteiger partial charge on any atom is -1.00 e. The van der Waals surface area contributed by atoms with Gasteiger partial charge in [0.25, 0.3) is 0 Å². The molecule has 0 aromatic carbocycles. The molecule has 0 fully saturated rings. The second kappa shape index (κ2) is 17.0. The maximum absolute atomic E-state index is 9.44. The molecule has 0 rings (SSSR count). The molecule has 0 spiro atoms. The van der Waals surface area contributed by atoms with Gasteiger partial charge in [0.1, 0.15) is 5.78 Å². The molecule has 0 atom stereocenters. The molecule has 0 radical (unpaired) electrons. The molecule has 0 bridgehead atoms. The first-order valence-electron chi connectivity index (χ1n) is 1.99. The van der Waals surface area contributed by atoms with E-state index in [2.05, 4.69) is 0 Å². The summed E-state index contributed by atoms with van der Waals surface area (Å²) in [7, 11) is -4.64. The number of hydrogen-bond acceptors (Lipinski definition) is 2. The van der Waals surface area contributed by atoms with Crippen LogP contribution in [0.3, 0.4) is 0 Å². The number of carbonyl (C=O) groups excluding carboxylic acids is 1. The molecule has 0 aromatic rings. The van der Waals surface area contributed by atoms with Gasteiger partial charge in [0, 0.05) is 0 Å². The average Bonchev–Trinajstić information content (AvgIpc) is 1.19. The van der Waals surface area contributed by atoms with Crippen molar-refractivity contribution in [2.45, 2.75) is 13.8 Å². The Balaban J connectivity index is -0.00000000406. The van der Waals surface area contributed by atoms with Crippen LogP contribution < -0.4 is 0 Å². The summed E-state index contributed by atoms with van der Waals surface area (Å²) in [6.07, 6.45) is 0. The predicted octanol–water partition coefficient (Wildman–Crippen LogP) is -0.801. The van der Waals surface area contributed by atoms with Crippen LogP contribution in [0.1, 0.15) is 22.4 Å². The molecule has 0 amide bonds. The van der Waals surface area contributed by atoms with E-state index >= 15 is 0 Å². The van der Waals surface area contributed by atoms with E-state index in [0.29, 0.717) is 0 Å². The van der Waals surface area contributed by atoms with Crippen LogP contribution in [0.2, 0.25) is 0 Å². The fraction of sp³-hybridized carbons (Fsp3) is 0.667. The monoisotopic (exact) mass is 282 g/mol. The standard InChI is InChI=1S/C3H6O.3Ca.H3O4P.6H/c1-3(2)4;;;;1-5(2,3)4;;;;;;/h1-2H3;;;;(H3,1,2,3,4);;;;;;/q;3*+2;;6*-1. The maximum Gasteiger partial charge on any atom is 2.00 e. The molecule has 12 heavy (non-hydrogen) atoms. The number of phosphoric acid groups is 1. The van der Waals surface area contributed by atoms with Crippen LogP contribution in [0.15, 0.2) is 0 Å². The molecule has 0 saturated carbocycles. The van der Waals surface area contributed by atoms with E-state index in [0.717, 1.165) is 0 Å². The van der Waals surface area contributed by atoms with Crippen molar-refractivity contribution in [3.63, 3.8) is 0 Å². The Labute approximate surface area is 170 Å². The van der Waals surface area contributed by atoms with E-state index in [9.17, 15) is 4.79 Å². The zero-order valence-electron chi connectivity index (χ0n) is 13.2. The van der Waals surface area contributed by atoms with Gasteiger partial charge in [-0.15, -0.1) is 0 Å². The van der Waals surface area contributed by atoms with Gasteiger partial charge >= 0.3 is 121 Å². The Bertz CT molecular complexity index is 138. The van der Waals surface area contributed by atoms with Crippen molar-refractivity contribution in [3.05, 3.63) is 0 Å². The van der Waals surface area contributed by atoms with Crippen molar-refractivity contribution in [3.8, 4) is 0 Å². The third-order valence-electron chi connectivity index (χ3n) is 0. The molecule has 0 aliphatic carbocycles. The van der Waals surface area contributed by atoms with Gasteiger partial charge in [-0.25, -0.2) is 4.57 Å². The molecule has 0 aliphatic rings. The number of hydrogen-bond donors (Lipinski definition) is 3. The SMILES string of the molecule is CC(C)=O.O=P(O)(O)O.[Ca+2].[Ca+2].[Ca+2].[H-].[H-].[H-].[H-].[H-].[H-]. The van der Waals surface area contributed by atoms with Gasteiger partial charge in [0.05, 0.1) is 0 Å². The fourth-order valence-electron chi connectivity index (χ4n) is 0. The predicted molar refractivity (Wildman–Crippen MR) is 54.6 cm³/mol. The van der Waals surface area contributed by atoms with E-state index in [1.807, 2.05) is 0 Å². The summed E-state index contributed by atoms with van der Waals surface area (Å²) in [5.74, 6) is 0.167. The van der Waals surface area contributed by atoms with Crippen LogP contribution in [-0.4, -0.2) is 134 Å². The average molecular weight is 282 g/mol. The van der Waals surface area contributed by atoms with Gasteiger partial charge in [-0.2, -0.15) is 0 Å². The first-order chi connectivity index (χ1) is 3.73. The van der Waals surface area contributed by atoms with Crippen molar-refractivity contribution in [1.82, 2.24) is 0 Å². The molecular weight excluding hydrogens is 267 g/mol. The van der Waals surface area contributed by atoms with Crippen LogP contribution >= 0.6 is 7.82 Å². The molecule has 0 heterocycles. The fourth-order valence-corrected chi connectivity index (χ4v) is 0. The molecule has 0 aliphatic heterocycles. The zero-order valence-corrected chi connectivity index (χ0v) is 14.7. The second-order valence-electron chi connectivity index (χ2n) is 1.42. The number of carbonyl (C=O) groups is 1. The maximum atomic E-state index is 9.44. The van der Waals surface area contributed by atoms with Crippen molar-refractivity contribution >= 4 is 127 Å². The number of Topliss-reactive ketones (excluding diaryl/α,β-unsaturated/α-hetero) is 1. The summed E-state index contributed by atoms with van der Waals surface area (Å²) >= 11 is 0. The van der Waals surface area contributed by atoms with Crippen LogP contribution in [0.25, 0.3) is 0 Å². The Kier molecular flexibility index (Phi) is 41.8. The second-order valence-corrected chi connectivity index (χ2v) is 2.45. The molecule has 0 aromatic heterocycles. The van der Waals surface area contributed by atoms with Crippen molar-refractivity contribution in [1.29, 1.82) is 0 Å². The molecule has 3 N–H and O–H groups in total. The molecular formula is C3H15Ca3O5P. The van der Waals surface area contributed by atoms with Crippen LogP contribution in [0.4, 0.5) is 0 Å². The molecule has 68 valence electrons. The largest absolute Gasteiger partial charge is 2.00 e. The smallest absolute Gasteiger partial charge is 1.00 e. The Morgan fingerprint density at radius 3 is 1.08 bits per heavy atom. The Hall–Kier alpha value is 3.56. The van der Waals surface area contributed by atoms with Crippen molar-refractivity contribution in [2.24, 2.45) is 0 Å². The van der Waals surface area contributed by atoms with Crippen molar-refractivity contribution < 1.29 is 32.6 Å². The Morgan fingerprint density at radius 2 is 1.08 bits per heavy atom. The minimum absolute atomic E-state index is 0. The van der Waals surface area contributed by atoms with E-state index in [-0.39, 0.29) is 128 Å². The van der Waals surface area contributed by atoms with Crippen LogP contribution in [0, 0.1) is 0 Å². The number of ketones is 1. The van der Waals surface area contributed by atoms with Gasteiger partial charge in [-0.05, 0) is 13.8 Å². The summed E-state index contributed by atoms with van der Waals surface area (Å²) in [5.41, 5.74) is 0. The van der Waals surface area contributed by atoms with Gasteiger partial charge in [0.2, 0.25) is 0 Å². The summed E-state index contributed by atoms with van der Waals surface area (Å²) < 4.78 is 8.88.